The molecule has 0 bridgehead atoms. The third kappa shape index (κ3) is 1.96. The first-order valence-corrected chi connectivity index (χ1v) is 6.44. The van der Waals surface area contributed by atoms with E-state index in [0.717, 1.165) is 5.56 Å². The lowest BCUT2D eigenvalue weighted by atomic mass is 10.0. The topological polar surface area (TPSA) is 54.5 Å². The number of aromatic nitrogens is 1. The van der Waals surface area contributed by atoms with Crippen LogP contribution in [-0.4, -0.2) is 17.5 Å². The maximum atomic E-state index is 12.2. The van der Waals surface area contributed by atoms with Crippen LogP contribution < -0.4 is 0 Å². The predicted octanol–water partition coefficient (Wildman–Crippen LogP) is 3.26. The minimum absolute atomic E-state index is 0.417. The molecule has 0 N–H and O–H groups in total. The molecular weight excluding hydrogens is 264 g/mol. The average molecular weight is 276 g/mol. The van der Waals surface area contributed by atoms with Crippen LogP contribution >= 0.6 is 0 Å². The van der Waals surface area contributed by atoms with E-state index in [1.54, 1.807) is 16.7 Å². The fourth-order valence-corrected chi connectivity index (χ4v) is 2.51. The Morgan fingerprint density at radius 3 is 2.52 bits per heavy atom. The zero-order valence-electron chi connectivity index (χ0n) is 11.4. The first-order chi connectivity index (χ1) is 10.3. The van der Waals surface area contributed by atoms with Gasteiger partial charge in [-0.3, -0.25) is 0 Å². The Labute approximate surface area is 121 Å². The highest BCUT2D eigenvalue weighted by atomic mass is 16.5. The highest BCUT2D eigenvalue weighted by molar-refractivity contribution is 6.06. The summed E-state index contributed by atoms with van der Waals surface area (Å²) in [5.74, 6) is -0.445. The van der Waals surface area contributed by atoms with Crippen molar-refractivity contribution < 1.29 is 9.53 Å². The van der Waals surface area contributed by atoms with Crippen molar-refractivity contribution in [2.45, 2.75) is 0 Å². The average Bonchev–Trinajstić information content (AvgIpc) is 2.89. The number of nitriles is 1. The van der Waals surface area contributed by atoms with Gasteiger partial charge in [0.25, 0.3) is 0 Å². The monoisotopic (exact) mass is 276 g/mol. The van der Waals surface area contributed by atoms with Crippen molar-refractivity contribution in [3.8, 4) is 17.2 Å². The van der Waals surface area contributed by atoms with Gasteiger partial charge in [0.05, 0.1) is 18.2 Å². The molecule has 0 aliphatic rings. The molecule has 4 heteroatoms. The molecule has 0 spiro atoms. The second kappa shape index (κ2) is 5.14. The van der Waals surface area contributed by atoms with Crippen molar-refractivity contribution >= 4 is 11.5 Å². The number of carbonyl (C=O) groups is 1. The molecule has 0 aliphatic carbocycles. The SMILES string of the molecule is COC(=O)c1c(-c2ccccc2)c(C#N)n2ccccc12. The van der Waals surface area contributed by atoms with E-state index in [-0.39, 0.29) is 0 Å². The minimum Gasteiger partial charge on any atom is -0.465 e. The van der Waals surface area contributed by atoms with Crippen LogP contribution in [-0.2, 0) is 4.74 Å². The quantitative estimate of drug-likeness (QED) is 0.675. The smallest absolute Gasteiger partial charge is 0.340 e. The first-order valence-electron chi connectivity index (χ1n) is 6.44. The van der Waals surface area contributed by atoms with Gasteiger partial charge in [0.15, 0.2) is 0 Å². The number of ether oxygens (including phenoxy) is 1. The van der Waals surface area contributed by atoms with Crippen LogP contribution in [0.1, 0.15) is 16.1 Å². The summed E-state index contributed by atoms with van der Waals surface area (Å²) < 4.78 is 6.62. The number of hydrogen-bond acceptors (Lipinski definition) is 3. The van der Waals surface area contributed by atoms with Crippen LogP contribution in [0.3, 0.4) is 0 Å². The fraction of sp³-hybridized carbons (Fsp3) is 0.0588. The number of carbonyl (C=O) groups excluding carboxylic acids is 1. The molecule has 1 aromatic carbocycles. The van der Waals surface area contributed by atoms with Crippen LogP contribution in [0.5, 0.6) is 0 Å². The number of rotatable bonds is 2. The van der Waals surface area contributed by atoms with Crippen molar-refractivity contribution in [3.05, 3.63) is 66.0 Å². The molecule has 0 amide bonds. The number of hydrogen-bond donors (Lipinski definition) is 0. The summed E-state index contributed by atoms with van der Waals surface area (Å²) in [5.41, 5.74) is 2.94. The maximum Gasteiger partial charge on any atom is 0.340 e. The van der Waals surface area contributed by atoms with Crippen LogP contribution in [0.25, 0.3) is 16.6 Å². The number of fused-ring (bicyclic) bond motifs is 1. The van der Waals surface area contributed by atoms with Crippen LogP contribution in [0.2, 0.25) is 0 Å². The molecule has 3 rings (SSSR count). The van der Waals surface area contributed by atoms with E-state index in [0.29, 0.717) is 22.3 Å². The molecule has 0 saturated heterocycles. The van der Waals surface area contributed by atoms with E-state index < -0.39 is 5.97 Å². The molecule has 0 unspecified atom stereocenters. The highest BCUT2D eigenvalue weighted by Gasteiger charge is 2.24. The van der Waals surface area contributed by atoms with Gasteiger partial charge in [0.1, 0.15) is 11.8 Å². The third-order valence-electron chi connectivity index (χ3n) is 3.40. The molecule has 2 heterocycles. The normalized spacial score (nSPS) is 10.3. The van der Waals surface area contributed by atoms with E-state index in [2.05, 4.69) is 6.07 Å². The Hall–Kier alpha value is -3.06. The van der Waals surface area contributed by atoms with Gasteiger partial charge in [-0.15, -0.1) is 0 Å². The molecule has 102 valence electrons. The standard InChI is InChI=1S/C17H12N2O2/c1-21-17(20)16-13-9-5-6-10-19(13)14(11-18)15(16)12-7-3-2-4-8-12/h2-10H,1H3. The Bertz CT molecular complexity index is 858. The van der Waals surface area contributed by atoms with Crippen molar-refractivity contribution in [2.75, 3.05) is 7.11 Å². The summed E-state index contributed by atoms with van der Waals surface area (Å²) in [6.45, 7) is 0. The molecule has 0 radical (unpaired) electrons. The molecule has 21 heavy (non-hydrogen) atoms. The number of esters is 1. The van der Waals surface area contributed by atoms with Gasteiger partial charge in [-0.1, -0.05) is 36.4 Å². The lowest BCUT2D eigenvalue weighted by Crippen LogP contribution is -2.02. The van der Waals surface area contributed by atoms with Gasteiger partial charge in [-0.25, -0.2) is 4.79 Å². The molecule has 3 aromatic rings. The molecule has 2 aromatic heterocycles. The zero-order valence-corrected chi connectivity index (χ0v) is 11.4. The summed E-state index contributed by atoms with van der Waals surface area (Å²) in [4.78, 5) is 12.2. The van der Waals surface area contributed by atoms with Crippen molar-refractivity contribution in [3.63, 3.8) is 0 Å². The summed E-state index contributed by atoms with van der Waals surface area (Å²) in [6, 6.07) is 17.0. The molecule has 0 fully saturated rings. The lowest BCUT2D eigenvalue weighted by molar-refractivity contribution is 0.0604. The molecule has 0 atom stereocenters. The Morgan fingerprint density at radius 2 is 1.86 bits per heavy atom. The number of benzene rings is 1. The summed E-state index contributed by atoms with van der Waals surface area (Å²) in [6.07, 6.45) is 1.77. The van der Waals surface area contributed by atoms with Crippen LogP contribution in [0.4, 0.5) is 0 Å². The van der Waals surface area contributed by atoms with Crippen molar-refractivity contribution in [1.29, 1.82) is 5.26 Å². The summed E-state index contributed by atoms with van der Waals surface area (Å²) >= 11 is 0. The molecule has 0 aliphatic heterocycles. The third-order valence-corrected chi connectivity index (χ3v) is 3.40. The van der Waals surface area contributed by atoms with E-state index in [1.165, 1.54) is 7.11 Å². The van der Waals surface area contributed by atoms with E-state index in [9.17, 15) is 10.1 Å². The van der Waals surface area contributed by atoms with Crippen LogP contribution in [0, 0.1) is 11.3 Å². The Kier molecular flexibility index (Phi) is 3.17. The second-order valence-electron chi connectivity index (χ2n) is 4.52. The Morgan fingerprint density at radius 1 is 1.14 bits per heavy atom. The number of pyridine rings is 1. The molecule has 4 nitrogen and oxygen atoms in total. The van der Waals surface area contributed by atoms with Gasteiger partial charge in [-0.05, 0) is 17.7 Å². The predicted molar refractivity (Wildman–Crippen MR) is 78.9 cm³/mol. The van der Waals surface area contributed by atoms with E-state index >= 15 is 0 Å². The highest BCUT2D eigenvalue weighted by Crippen LogP contribution is 2.33. The maximum absolute atomic E-state index is 12.2. The summed E-state index contributed by atoms with van der Waals surface area (Å²) in [7, 11) is 1.34. The first kappa shape index (κ1) is 12.9. The van der Waals surface area contributed by atoms with Crippen molar-refractivity contribution in [1.82, 2.24) is 4.40 Å². The fourth-order valence-electron chi connectivity index (χ4n) is 2.51. The van der Waals surface area contributed by atoms with Gasteiger partial charge in [-0.2, -0.15) is 5.26 Å². The van der Waals surface area contributed by atoms with Gasteiger partial charge in [0.2, 0.25) is 0 Å². The lowest BCUT2D eigenvalue weighted by Gasteiger charge is -2.03. The van der Waals surface area contributed by atoms with Crippen molar-refractivity contribution in [2.24, 2.45) is 0 Å². The molecule has 0 saturated carbocycles. The van der Waals surface area contributed by atoms with Gasteiger partial charge >= 0.3 is 5.97 Å². The minimum atomic E-state index is -0.445. The number of nitrogens with zero attached hydrogens (tertiary/aromatic N) is 2. The van der Waals surface area contributed by atoms with Gasteiger partial charge in [0, 0.05) is 11.8 Å². The second-order valence-corrected chi connectivity index (χ2v) is 4.52. The Balaban J connectivity index is 2.47. The van der Waals surface area contributed by atoms with Gasteiger partial charge < -0.3 is 9.14 Å². The van der Waals surface area contributed by atoms with E-state index in [4.69, 9.17) is 4.74 Å². The summed E-state index contributed by atoms with van der Waals surface area (Å²) in [5, 5.41) is 9.52. The van der Waals surface area contributed by atoms with E-state index in [1.807, 2.05) is 42.5 Å². The largest absolute Gasteiger partial charge is 0.465 e. The van der Waals surface area contributed by atoms with Crippen LogP contribution in [0.15, 0.2) is 54.7 Å². The number of methoxy groups -OCH3 is 1. The zero-order chi connectivity index (χ0) is 14.8. The molecular formula is C17H12N2O2.